The van der Waals surface area contributed by atoms with Crippen molar-refractivity contribution >= 4 is 41.4 Å². The first-order valence-corrected chi connectivity index (χ1v) is 6.33. The number of carbonyl (C=O) groups is 2. The summed E-state index contributed by atoms with van der Waals surface area (Å²) >= 11 is 0. The summed E-state index contributed by atoms with van der Waals surface area (Å²) in [5.74, 6) is -0.593. The van der Waals surface area contributed by atoms with Crippen LogP contribution in [0, 0.1) is 0 Å². The van der Waals surface area contributed by atoms with Gasteiger partial charge < -0.3 is 11.1 Å². The molecule has 0 fully saturated rings. The average molecular weight is 272 g/mol. The number of unbranched alkanes of at least 4 members (excludes halogenated alkanes) is 3. The van der Waals surface area contributed by atoms with Crippen molar-refractivity contribution in [2.45, 2.75) is 32.6 Å². The van der Waals surface area contributed by atoms with Crippen LogP contribution >= 0.6 is 0 Å². The summed E-state index contributed by atoms with van der Waals surface area (Å²) in [6.07, 6.45) is 4.52. The molecule has 1 rings (SSSR count). The van der Waals surface area contributed by atoms with Crippen molar-refractivity contribution in [1.29, 1.82) is 0 Å². The molecule has 2 amide bonds. The topological polar surface area (TPSA) is 72.2 Å². The zero-order chi connectivity index (χ0) is 13.4. The first-order valence-electron chi connectivity index (χ1n) is 6.33. The Bertz CT molecular complexity index is 404. The van der Waals surface area contributed by atoms with Gasteiger partial charge in [-0.05, 0) is 30.7 Å². The van der Waals surface area contributed by atoms with Gasteiger partial charge in [0, 0.05) is 17.7 Å². The molecule has 1 aromatic carbocycles. The van der Waals surface area contributed by atoms with Crippen LogP contribution in [0.4, 0.5) is 0 Å². The molecule has 0 aliphatic heterocycles. The molecular weight excluding hydrogens is 251 g/mol. The van der Waals surface area contributed by atoms with Crippen LogP contribution in [0.5, 0.6) is 0 Å². The van der Waals surface area contributed by atoms with Crippen LogP contribution in [0.25, 0.3) is 0 Å². The third-order valence-electron chi connectivity index (χ3n) is 2.75. The van der Waals surface area contributed by atoms with E-state index in [0.29, 0.717) is 17.7 Å². The monoisotopic (exact) mass is 272 g/mol. The molecule has 0 heterocycles. The van der Waals surface area contributed by atoms with E-state index in [2.05, 4.69) is 12.2 Å². The van der Waals surface area contributed by atoms with Crippen molar-refractivity contribution in [3.05, 3.63) is 35.4 Å². The molecule has 0 saturated heterocycles. The molecule has 0 radical (unpaired) electrons. The van der Waals surface area contributed by atoms with Gasteiger partial charge in [0.1, 0.15) is 0 Å². The van der Waals surface area contributed by atoms with Gasteiger partial charge in [-0.25, -0.2) is 0 Å². The van der Waals surface area contributed by atoms with E-state index < -0.39 is 5.91 Å². The zero-order valence-electron chi connectivity index (χ0n) is 10.7. The van der Waals surface area contributed by atoms with E-state index in [9.17, 15) is 9.59 Å². The van der Waals surface area contributed by atoms with Crippen LogP contribution in [0.3, 0.4) is 0 Å². The van der Waals surface area contributed by atoms with E-state index in [4.69, 9.17) is 5.73 Å². The second-order valence-electron chi connectivity index (χ2n) is 4.26. The summed E-state index contributed by atoms with van der Waals surface area (Å²) in [6.45, 7) is 2.84. The Hall–Kier alpha value is -0.840. The molecule has 5 heteroatoms. The number of benzene rings is 1. The Kier molecular flexibility index (Phi) is 9.57. The quantitative estimate of drug-likeness (QED) is 0.582. The standard InChI is InChI=1S/C14H20N2O2.Na.H/c1-2-3-4-5-10-16-14(18)12-8-6-11(7-9-12)13(15)17;;/h6-9H,2-5,10H2,1H3,(H2,15,17)(H,16,18);;. The minimum atomic E-state index is -0.485. The SMILES string of the molecule is CCCCCCNC(=O)c1ccc(C(N)=O)cc1.[NaH]. The summed E-state index contributed by atoms with van der Waals surface area (Å²) in [5, 5.41) is 2.85. The molecule has 0 aromatic heterocycles. The molecule has 0 aliphatic rings. The summed E-state index contributed by atoms with van der Waals surface area (Å²) in [4.78, 5) is 22.6. The molecule has 1 aromatic rings. The van der Waals surface area contributed by atoms with Gasteiger partial charge in [0.25, 0.3) is 5.91 Å². The molecular formula is C14H21N2NaO2. The van der Waals surface area contributed by atoms with E-state index in [0.717, 1.165) is 12.8 Å². The second kappa shape index (κ2) is 10.0. The number of hydrogen-bond donors (Lipinski definition) is 2. The van der Waals surface area contributed by atoms with Gasteiger partial charge in [-0.1, -0.05) is 26.2 Å². The Labute approximate surface area is 136 Å². The Morgan fingerprint density at radius 1 is 1.05 bits per heavy atom. The number of primary amides is 1. The maximum absolute atomic E-state index is 11.7. The van der Waals surface area contributed by atoms with Gasteiger partial charge in [0.05, 0.1) is 0 Å². The minimum absolute atomic E-state index is 0. The normalized spacial score (nSPS) is 9.53. The van der Waals surface area contributed by atoms with E-state index >= 15 is 0 Å². The Morgan fingerprint density at radius 3 is 2.16 bits per heavy atom. The summed E-state index contributed by atoms with van der Waals surface area (Å²) in [7, 11) is 0. The van der Waals surface area contributed by atoms with Gasteiger partial charge in [-0.2, -0.15) is 0 Å². The van der Waals surface area contributed by atoms with Crippen LogP contribution in [-0.2, 0) is 0 Å². The van der Waals surface area contributed by atoms with E-state index in [1.165, 1.54) is 12.8 Å². The Morgan fingerprint density at radius 2 is 1.63 bits per heavy atom. The average Bonchev–Trinajstić information content (AvgIpc) is 2.38. The van der Waals surface area contributed by atoms with Crippen LogP contribution in [0.1, 0.15) is 53.3 Å². The number of carbonyl (C=O) groups excluding carboxylic acids is 2. The predicted molar refractivity (Wildman–Crippen MR) is 78.6 cm³/mol. The van der Waals surface area contributed by atoms with Gasteiger partial charge in [-0.15, -0.1) is 0 Å². The first kappa shape index (κ1) is 18.2. The number of nitrogens with one attached hydrogen (secondary N) is 1. The number of rotatable bonds is 7. The number of hydrogen-bond acceptors (Lipinski definition) is 2. The van der Waals surface area contributed by atoms with Crippen molar-refractivity contribution in [3.8, 4) is 0 Å². The zero-order valence-corrected chi connectivity index (χ0v) is 10.7. The molecule has 0 spiro atoms. The molecule has 100 valence electrons. The second-order valence-corrected chi connectivity index (χ2v) is 4.26. The van der Waals surface area contributed by atoms with Crippen molar-refractivity contribution in [2.24, 2.45) is 5.73 Å². The fraction of sp³-hybridized carbons (Fsp3) is 0.429. The van der Waals surface area contributed by atoms with Gasteiger partial charge >= 0.3 is 29.6 Å². The molecule has 3 N–H and O–H groups in total. The van der Waals surface area contributed by atoms with Crippen LogP contribution in [0.2, 0.25) is 0 Å². The van der Waals surface area contributed by atoms with E-state index in [1.807, 2.05) is 0 Å². The molecule has 4 nitrogen and oxygen atoms in total. The third kappa shape index (κ3) is 6.76. The number of amides is 2. The molecule has 0 atom stereocenters. The van der Waals surface area contributed by atoms with Crippen molar-refractivity contribution in [2.75, 3.05) is 6.54 Å². The Balaban J connectivity index is 0.00000324. The third-order valence-corrected chi connectivity index (χ3v) is 2.75. The molecule has 0 unspecified atom stereocenters. The molecule has 0 saturated carbocycles. The van der Waals surface area contributed by atoms with Gasteiger partial charge in [0.15, 0.2) is 0 Å². The van der Waals surface area contributed by atoms with E-state index in [-0.39, 0.29) is 35.5 Å². The van der Waals surface area contributed by atoms with Crippen molar-refractivity contribution < 1.29 is 9.59 Å². The summed E-state index contributed by atoms with van der Waals surface area (Å²) < 4.78 is 0. The van der Waals surface area contributed by atoms with Crippen molar-refractivity contribution in [1.82, 2.24) is 5.32 Å². The molecule has 19 heavy (non-hydrogen) atoms. The fourth-order valence-electron chi connectivity index (χ4n) is 1.64. The van der Waals surface area contributed by atoms with Crippen molar-refractivity contribution in [3.63, 3.8) is 0 Å². The van der Waals surface area contributed by atoms with Crippen LogP contribution < -0.4 is 11.1 Å². The fourth-order valence-corrected chi connectivity index (χ4v) is 1.64. The molecule has 0 aliphatic carbocycles. The molecule has 0 bridgehead atoms. The van der Waals surface area contributed by atoms with Gasteiger partial charge in [0.2, 0.25) is 5.91 Å². The van der Waals surface area contributed by atoms with Gasteiger partial charge in [-0.3, -0.25) is 9.59 Å². The van der Waals surface area contributed by atoms with Crippen LogP contribution in [-0.4, -0.2) is 47.9 Å². The summed E-state index contributed by atoms with van der Waals surface area (Å²) in [6, 6.07) is 6.35. The maximum atomic E-state index is 11.7. The number of nitrogens with two attached hydrogens (primary N) is 1. The predicted octanol–water partition coefficient (Wildman–Crippen LogP) is 1.45. The first-order chi connectivity index (χ1) is 8.65. The van der Waals surface area contributed by atoms with E-state index in [1.54, 1.807) is 24.3 Å². The summed E-state index contributed by atoms with van der Waals surface area (Å²) in [5.41, 5.74) is 6.09. The van der Waals surface area contributed by atoms with Crippen LogP contribution in [0.15, 0.2) is 24.3 Å².